The van der Waals surface area contributed by atoms with Crippen molar-refractivity contribution in [1.29, 1.82) is 0 Å². The Morgan fingerprint density at radius 1 is 1.14 bits per heavy atom. The van der Waals surface area contributed by atoms with E-state index in [2.05, 4.69) is 26.3 Å². The van der Waals surface area contributed by atoms with Gasteiger partial charge in [-0.2, -0.15) is 13.2 Å². The fourth-order valence-corrected chi connectivity index (χ4v) is 4.71. The number of nitrogens with one attached hydrogen (secondary N) is 4. The van der Waals surface area contributed by atoms with Crippen molar-refractivity contribution in [1.82, 2.24) is 4.98 Å². The fourth-order valence-electron chi connectivity index (χ4n) is 4.23. The number of amides is 1. The van der Waals surface area contributed by atoms with E-state index in [0.29, 0.717) is 33.6 Å². The zero-order chi connectivity index (χ0) is 25.8. The van der Waals surface area contributed by atoms with E-state index in [1.54, 1.807) is 6.07 Å². The van der Waals surface area contributed by atoms with Gasteiger partial charge in [-0.1, -0.05) is 23.2 Å². The predicted octanol–water partition coefficient (Wildman–Crippen LogP) is 6.61. The molecule has 0 aliphatic carbocycles. The summed E-state index contributed by atoms with van der Waals surface area (Å²) >= 11 is 12.5. The number of pyridine rings is 1. The molecule has 0 saturated carbocycles. The molecule has 1 aromatic heterocycles. The molecule has 0 bridgehead atoms. The minimum atomic E-state index is -4.46. The molecule has 188 valence electrons. The van der Waals surface area contributed by atoms with Crippen LogP contribution in [0.3, 0.4) is 0 Å². The van der Waals surface area contributed by atoms with E-state index in [1.165, 1.54) is 24.5 Å². The third kappa shape index (κ3) is 4.58. The van der Waals surface area contributed by atoms with E-state index in [0.717, 1.165) is 23.4 Å². The molecular weight excluding hydrogens is 518 g/mol. The minimum Gasteiger partial charge on any atom is -0.486 e. The molecule has 0 radical (unpaired) electrons. The van der Waals surface area contributed by atoms with Crippen LogP contribution in [0.2, 0.25) is 10.0 Å². The smallest absolute Gasteiger partial charge is 0.416 e. The van der Waals surface area contributed by atoms with Crippen LogP contribution >= 0.6 is 23.2 Å². The summed E-state index contributed by atoms with van der Waals surface area (Å²) in [6, 6.07) is 5.89. The summed E-state index contributed by atoms with van der Waals surface area (Å²) in [6.45, 7) is 3.82. The van der Waals surface area contributed by atoms with Gasteiger partial charge < -0.3 is 26.0 Å². The van der Waals surface area contributed by atoms with Gasteiger partial charge in [0.25, 0.3) is 5.91 Å². The van der Waals surface area contributed by atoms with Crippen molar-refractivity contribution in [3.05, 3.63) is 69.5 Å². The average molecular weight is 538 g/mol. The lowest BCUT2D eigenvalue weighted by atomic mass is 9.97. The summed E-state index contributed by atoms with van der Waals surface area (Å²) in [4.78, 5) is 17.2. The fraction of sp³-hybridized carbons (Fsp3) is 0.250. The van der Waals surface area contributed by atoms with Crippen LogP contribution in [-0.2, 0) is 12.6 Å². The highest BCUT2D eigenvalue weighted by atomic mass is 35.5. The quantitative estimate of drug-likeness (QED) is 0.299. The predicted molar refractivity (Wildman–Crippen MR) is 133 cm³/mol. The van der Waals surface area contributed by atoms with Gasteiger partial charge in [0.2, 0.25) is 0 Å². The molecule has 5 rings (SSSR count). The Labute approximate surface area is 214 Å². The molecule has 2 aromatic carbocycles. The zero-order valence-electron chi connectivity index (χ0n) is 19.0. The standard InChI is InChI=1S/C24H20Cl2F3N5O2/c1-23(2)8-14-18-17(32-22(33-18)34-19-15(25)9-30-10-16(19)26)7-13(20(14)36-23)21(35)31-12-5-3-11(4-6-12)24(27,28)29/h3-7,9-10,22,32-33H,8H2,1-2H3,(H,30,34)(H,31,35). The first-order valence-electron chi connectivity index (χ1n) is 10.9. The van der Waals surface area contributed by atoms with Gasteiger partial charge in [-0.3, -0.25) is 9.78 Å². The number of anilines is 4. The number of carbonyl (C=O) groups excluding carboxylic acids is 1. The molecule has 3 aromatic rings. The second-order valence-electron chi connectivity index (χ2n) is 9.07. The normalized spacial score (nSPS) is 17.4. The van der Waals surface area contributed by atoms with E-state index in [9.17, 15) is 18.0 Å². The van der Waals surface area contributed by atoms with Gasteiger partial charge in [0.15, 0.2) is 6.29 Å². The molecule has 2 aliphatic rings. The summed E-state index contributed by atoms with van der Waals surface area (Å²) < 4.78 is 44.7. The second-order valence-corrected chi connectivity index (χ2v) is 9.88. The number of aromatic nitrogens is 1. The van der Waals surface area contributed by atoms with Gasteiger partial charge in [0, 0.05) is 30.1 Å². The van der Waals surface area contributed by atoms with Crippen molar-refractivity contribution in [3.63, 3.8) is 0 Å². The van der Waals surface area contributed by atoms with Gasteiger partial charge in [0.1, 0.15) is 11.4 Å². The largest absolute Gasteiger partial charge is 0.486 e. The maximum absolute atomic E-state index is 13.2. The lowest BCUT2D eigenvalue weighted by molar-refractivity contribution is -0.137. The molecule has 1 atom stereocenters. The van der Waals surface area contributed by atoms with Crippen LogP contribution in [0, 0.1) is 0 Å². The van der Waals surface area contributed by atoms with E-state index >= 15 is 0 Å². The van der Waals surface area contributed by atoms with Crippen molar-refractivity contribution in [2.24, 2.45) is 0 Å². The third-order valence-corrected chi connectivity index (χ3v) is 6.38. The van der Waals surface area contributed by atoms with Gasteiger partial charge >= 0.3 is 6.18 Å². The number of carbonyl (C=O) groups is 1. The van der Waals surface area contributed by atoms with Crippen LogP contribution in [0.4, 0.5) is 35.9 Å². The molecule has 7 nitrogen and oxygen atoms in total. The number of rotatable bonds is 4. The number of halogens is 5. The second kappa shape index (κ2) is 8.63. The van der Waals surface area contributed by atoms with Crippen LogP contribution in [0.15, 0.2) is 42.7 Å². The topological polar surface area (TPSA) is 87.3 Å². The van der Waals surface area contributed by atoms with Crippen molar-refractivity contribution < 1.29 is 22.7 Å². The molecular formula is C24H20Cl2F3N5O2. The Balaban J connectivity index is 1.43. The number of benzene rings is 2. The molecule has 2 aliphatic heterocycles. The molecule has 4 N–H and O–H groups in total. The number of ether oxygens (including phenoxy) is 1. The molecule has 3 heterocycles. The van der Waals surface area contributed by atoms with Crippen LogP contribution in [0.25, 0.3) is 0 Å². The number of nitrogens with zero attached hydrogens (tertiary/aromatic N) is 1. The summed E-state index contributed by atoms with van der Waals surface area (Å²) in [6.07, 6.45) is -1.50. The summed E-state index contributed by atoms with van der Waals surface area (Å²) in [5.41, 5.74) is 1.82. The number of fused-ring (bicyclic) bond motifs is 3. The number of alkyl halides is 3. The van der Waals surface area contributed by atoms with Crippen LogP contribution in [0.5, 0.6) is 5.75 Å². The van der Waals surface area contributed by atoms with E-state index in [1.807, 2.05) is 13.8 Å². The average Bonchev–Trinajstić information content (AvgIpc) is 3.34. The highest BCUT2D eigenvalue weighted by Crippen LogP contribution is 2.48. The molecule has 36 heavy (non-hydrogen) atoms. The van der Waals surface area contributed by atoms with Crippen molar-refractivity contribution in [3.8, 4) is 5.75 Å². The first-order chi connectivity index (χ1) is 16.9. The van der Waals surface area contributed by atoms with E-state index in [-0.39, 0.29) is 11.3 Å². The van der Waals surface area contributed by atoms with Crippen molar-refractivity contribution in [2.45, 2.75) is 38.3 Å². The monoisotopic (exact) mass is 537 g/mol. The Morgan fingerprint density at radius 3 is 2.44 bits per heavy atom. The van der Waals surface area contributed by atoms with Crippen LogP contribution in [0.1, 0.15) is 35.3 Å². The van der Waals surface area contributed by atoms with Crippen LogP contribution < -0.4 is 26.0 Å². The lowest BCUT2D eigenvalue weighted by Crippen LogP contribution is -2.31. The van der Waals surface area contributed by atoms with Crippen LogP contribution in [-0.4, -0.2) is 22.8 Å². The van der Waals surface area contributed by atoms with Gasteiger partial charge in [0.05, 0.1) is 38.2 Å². The molecule has 0 saturated heterocycles. The Bertz CT molecular complexity index is 1340. The summed E-state index contributed by atoms with van der Waals surface area (Å²) in [7, 11) is 0. The van der Waals surface area contributed by atoms with Crippen molar-refractivity contribution >= 4 is 51.9 Å². The number of hydrogen-bond donors (Lipinski definition) is 4. The molecule has 0 spiro atoms. The maximum atomic E-state index is 13.2. The zero-order valence-corrected chi connectivity index (χ0v) is 20.5. The summed E-state index contributed by atoms with van der Waals surface area (Å²) in [5, 5.41) is 13.1. The van der Waals surface area contributed by atoms with Gasteiger partial charge in [-0.25, -0.2) is 0 Å². The summed E-state index contributed by atoms with van der Waals surface area (Å²) in [5.74, 6) is -0.0944. The van der Waals surface area contributed by atoms with E-state index < -0.39 is 29.5 Å². The Hall–Kier alpha value is -3.37. The molecule has 12 heteroatoms. The highest BCUT2D eigenvalue weighted by Gasteiger charge is 2.39. The van der Waals surface area contributed by atoms with Gasteiger partial charge in [-0.05, 0) is 44.2 Å². The van der Waals surface area contributed by atoms with Crippen molar-refractivity contribution in [2.75, 3.05) is 21.3 Å². The highest BCUT2D eigenvalue weighted by molar-refractivity contribution is 6.38. The SMILES string of the molecule is CC1(C)Cc2c3c(cc(C(=O)Nc4ccc(C(F)(F)F)cc4)c2O1)NC(Nc1c(Cl)cncc1Cl)N3. The van der Waals surface area contributed by atoms with E-state index in [4.69, 9.17) is 27.9 Å². The number of hydrogen-bond acceptors (Lipinski definition) is 6. The Kier molecular flexibility index (Phi) is 5.83. The first kappa shape index (κ1) is 24.3. The maximum Gasteiger partial charge on any atom is 0.416 e. The lowest BCUT2D eigenvalue weighted by Gasteiger charge is -2.18. The molecule has 1 unspecified atom stereocenters. The van der Waals surface area contributed by atoms with Gasteiger partial charge in [-0.15, -0.1) is 0 Å². The first-order valence-corrected chi connectivity index (χ1v) is 11.6. The molecule has 1 amide bonds. The minimum absolute atomic E-state index is 0.229. The third-order valence-electron chi connectivity index (χ3n) is 5.80. The molecule has 0 fully saturated rings. The Morgan fingerprint density at radius 2 is 1.81 bits per heavy atom.